The highest BCUT2D eigenvalue weighted by molar-refractivity contribution is 7.22. The Bertz CT molecular complexity index is 1140. The van der Waals surface area contributed by atoms with Crippen molar-refractivity contribution in [1.29, 1.82) is 0 Å². The first-order valence-corrected chi connectivity index (χ1v) is 10.5. The molecule has 0 radical (unpaired) electrons. The molecule has 0 aromatic carbocycles. The summed E-state index contributed by atoms with van der Waals surface area (Å²) in [7, 11) is 2.10. The molecule has 0 amide bonds. The first-order chi connectivity index (χ1) is 13.6. The molecule has 0 unspecified atom stereocenters. The number of pyridine rings is 1. The van der Waals surface area contributed by atoms with Crippen LogP contribution in [0.5, 0.6) is 0 Å². The number of aliphatic hydroxyl groups is 1. The molecule has 0 saturated heterocycles. The quantitative estimate of drug-likeness (QED) is 0.569. The van der Waals surface area contributed by atoms with Gasteiger partial charge < -0.3 is 10.0 Å². The third kappa shape index (κ3) is 2.95. The number of imidazole rings is 1. The van der Waals surface area contributed by atoms with Crippen LogP contribution in [-0.4, -0.2) is 43.9 Å². The van der Waals surface area contributed by atoms with Gasteiger partial charge in [-0.25, -0.2) is 9.50 Å². The summed E-state index contributed by atoms with van der Waals surface area (Å²) in [5, 5.41) is 15.8. The van der Waals surface area contributed by atoms with E-state index < -0.39 is 0 Å². The van der Waals surface area contributed by atoms with Crippen LogP contribution in [-0.2, 0) is 0 Å². The van der Waals surface area contributed by atoms with Crippen molar-refractivity contribution in [3.05, 3.63) is 42.4 Å². The molecule has 4 aromatic rings. The number of hydrogen-bond acceptors (Lipinski definition) is 6. The number of fused-ring (bicyclic) bond motifs is 2. The molecule has 4 aromatic heterocycles. The number of thiophene rings is 1. The van der Waals surface area contributed by atoms with Crippen LogP contribution in [0.2, 0.25) is 0 Å². The molecule has 0 bridgehead atoms. The maximum Gasteiger partial charge on any atom is 0.154 e. The molecule has 4 heterocycles. The summed E-state index contributed by atoms with van der Waals surface area (Å²) in [5.41, 5.74) is 3.04. The Hall–Kier alpha value is -2.51. The third-order valence-electron chi connectivity index (χ3n) is 5.78. The Morgan fingerprint density at radius 1 is 1.14 bits per heavy atom. The van der Waals surface area contributed by atoms with Crippen molar-refractivity contribution in [2.45, 2.75) is 44.8 Å². The molecule has 7 heteroatoms. The molecule has 1 aliphatic carbocycles. The van der Waals surface area contributed by atoms with E-state index in [0.717, 1.165) is 53.1 Å². The van der Waals surface area contributed by atoms with Gasteiger partial charge in [0.2, 0.25) is 0 Å². The highest BCUT2D eigenvalue weighted by Gasteiger charge is 2.24. The van der Waals surface area contributed by atoms with Crippen molar-refractivity contribution in [2.75, 3.05) is 11.9 Å². The summed E-state index contributed by atoms with van der Waals surface area (Å²) in [6, 6.07) is 6.65. The zero-order valence-electron chi connectivity index (χ0n) is 16.0. The molecule has 1 N–H and O–H groups in total. The first kappa shape index (κ1) is 17.6. The normalized spacial score (nSPS) is 20.1. The lowest BCUT2D eigenvalue weighted by Crippen LogP contribution is -2.37. The predicted molar refractivity (Wildman–Crippen MR) is 113 cm³/mol. The molecule has 0 aliphatic heterocycles. The second-order valence-corrected chi connectivity index (χ2v) is 8.72. The Labute approximate surface area is 167 Å². The minimum atomic E-state index is -0.147. The topological polar surface area (TPSA) is 66.5 Å². The Morgan fingerprint density at radius 3 is 2.75 bits per heavy atom. The number of anilines is 1. The van der Waals surface area contributed by atoms with Crippen molar-refractivity contribution >= 4 is 32.9 Å². The standard InChI is InChI=1S/C21H23N5OS/c1-13-10-22-11-14-9-18(28-21(13)14)17-12-23-19-7-8-20(24-26(17)19)25(2)15-3-5-16(27)6-4-15/h7-12,15-16,27H,3-6H2,1-2H3. The van der Waals surface area contributed by atoms with Gasteiger partial charge in [0.1, 0.15) is 11.5 Å². The lowest BCUT2D eigenvalue weighted by Gasteiger charge is -2.33. The summed E-state index contributed by atoms with van der Waals surface area (Å²) in [5.74, 6) is 0.937. The van der Waals surface area contributed by atoms with Crippen LogP contribution in [0.3, 0.4) is 0 Å². The van der Waals surface area contributed by atoms with E-state index in [0.29, 0.717) is 6.04 Å². The van der Waals surface area contributed by atoms with Crippen molar-refractivity contribution in [2.24, 2.45) is 0 Å². The summed E-state index contributed by atoms with van der Waals surface area (Å²) < 4.78 is 3.20. The van der Waals surface area contributed by atoms with E-state index in [9.17, 15) is 5.11 Å². The lowest BCUT2D eigenvalue weighted by atomic mass is 9.92. The average molecular weight is 394 g/mol. The van der Waals surface area contributed by atoms with Gasteiger partial charge in [0.25, 0.3) is 0 Å². The van der Waals surface area contributed by atoms with Gasteiger partial charge in [-0.2, -0.15) is 0 Å². The number of aryl methyl sites for hydroxylation is 1. The van der Waals surface area contributed by atoms with Crippen molar-refractivity contribution in [1.82, 2.24) is 19.6 Å². The van der Waals surface area contributed by atoms with E-state index in [-0.39, 0.29) is 6.10 Å². The van der Waals surface area contributed by atoms with Gasteiger partial charge in [0, 0.05) is 35.6 Å². The molecule has 0 atom stereocenters. The highest BCUT2D eigenvalue weighted by Crippen LogP contribution is 2.35. The molecule has 1 saturated carbocycles. The maximum atomic E-state index is 9.78. The van der Waals surface area contributed by atoms with E-state index in [1.165, 1.54) is 10.3 Å². The van der Waals surface area contributed by atoms with Gasteiger partial charge in [-0.3, -0.25) is 4.98 Å². The minimum Gasteiger partial charge on any atom is -0.393 e. The van der Waals surface area contributed by atoms with Crippen LogP contribution in [0.25, 0.3) is 26.3 Å². The van der Waals surface area contributed by atoms with Crippen LogP contribution >= 0.6 is 11.3 Å². The molecule has 144 valence electrons. The van der Waals surface area contributed by atoms with Gasteiger partial charge in [-0.05, 0) is 56.4 Å². The van der Waals surface area contributed by atoms with E-state index in [1.807, 2.05) is 35.2 Å². The fraction of sp³-hybridized carbons (Fsp3) is 0.381. The molecule has 0 spiro atoms. The summed E-state index contributed by atoms with van der Waals surface area (Å²) in [4.78, 5) is 12.2. The van der Waals surface area contributed by atoms with Gasteiger partial charge in [0.15, 0.2) is 5.65 Å². The second-order valence-electron chi connectivity index (χ2n) is 7.66. The van der Waals surface area contributed by atoms with Crippen LogP contribution in [0, 0.1) is 6.92 Å². The fourth-order valence-electron chi connectivity index (χ4n) is 4.08. The van der Waals surface area contributed by atoms with Crippen molar-refractivity contribution in [3.63, 3.8) is 0 Å². The molecular formula is C21H23N5OS. The maximum absolute atomic E-state index is 9.78. The van der Waals surface area contributed by atoms with E-state index in [1.54, 1.807) is 11.3 Å². The number of hydrogen-bond donors (Lipinski definition) is 1. The zero-order chi connectivity index (χ0) is 19.3. The second kappa shape index (κ2) is 6.83. The van der Waals surface area contributed by atoms with E-state index >= 15 is 0 Å². The first-order valence-electron chi connectivity index (χ1n) is 9.70. The van der Waals surface area contributed by atoms with E-state index in [2.05, 4.69) is 34.9 Å². The Balaban J connectivity index is 1.53. The van der Waals surface area contributed by atoms with Gasteiger partial charge in [-0.15, -0.1) is 16.4 Å². The third-order valence-corrected chi connectivity index (χ3v) is 7.09. The van der Waals surface area contributed by atoms with Crippen LogP contribution < -0.4 is 4.90 Å². The molecule has 1 aliphatic rings. The Kier molecular flexibility index (Phi) is 4.29. The monoisotopic (exact) mass is 393 g/mol. The number of aliphatic hydroxyl groups excluding tert-OH is 1. The average Bonchev–Trinajstić information content (AvgIpc) is 3.32. The zero-order valence-corrected chi connectivity index (χ0v) is 16.9. The summed E-state index contributed by atoms with van der Waals surface area (Å²) >= 11 is 1.76. The van der Waals surface area contributed by atoms with Crippen LogP contribution in [0.4, 0.5) is 5.82 Å². The fourth-order valence-corrected chi connectivity index (χ4v) is 5.17. The number of nitrogens with zero attached hydrogens (tertiary/aromatic N) is 5. The molecule has 28 heavy (non-hydrogen) atoms. The van der Waals surface area contributed by atoms with E-state index in [4.69, 9.17) is 5.10 Å². The predicted octanol–water partition coefficient (Wildman–Crippen LogP) is 4.05. The minimum absolute atomic E-state index is 0.147. The molecular weight excluding hydrogens is 370 g/mol. The number of aromatic nitrogens is 4. The summed E-state index contributed by atoms with van der Waals surface area (Å²) in [6.07, 6.45) is 9.29. The summed E-state index contributed by atoms with van der Waals surface area (Å²) in [6.45, 7) is 2.09. The molecule has 5 rings (SSSR count). The van der Waals surface area contributed by atoms with Crippen LogP contribution in [0.15, 0.2) is 36.8 Å². The van der Waals surface area contributed by atoms with Gasteiger partial charge >= 0.3 is 0 Å². The SMILES string of the molecule is Cc1cncc2cc(-c3cnc4ccc(N(C)C5CCC(O)CC5)nn34)sc12. The molecule has 6 nitrogen and oxygen atoms in total. The Morgan fingerprint density at radius 2 is 1.96 bits per heavy atom. The molecule has 1 fully saturated rings. The number of rotatable bonds is 3. The smallest absolute Gasteiger partial charge is 0.154 e. The largest absolute Gasteiger partial charge is 0.393 e. The lowest BCUT2D eigenvalue weighted by molar-refractivity contribution is 0.122. The van der Waals surface area contributed by atoms with Crippen LogP contribution in [0.1, 0.15) is 31.2 Å². The van der Waals surface area contributed by atoms with Crippen molar-refractivity contribution in [3.8, 4) is 10.6 Å². The van der Waals surface area contributed by atoms with Gasteiger partial charge in [0.05, 0.1) is 17.2 Å². The highest BCUT2D eigenvalue weighted by atomic mass is 32.1. The van der Waals surface area contributed by atoms with Crippen molar-refractivity contribution < 1.29 is 5.11 Å². The van der Waals surface area contributed by atoms with Gasteiger partial charge in [-0.1, -0.05) is 0 Å².